The van der Waals surface area contributed by atoms with Crippen LogP contribution in [0, 0.1) is 6.92 Å². The van der Waals surface area contributed by atoms with E-state index in [1.165, 1.54) is 38.7 Å². The van der Waals surface area contributed by atoms with Crippen molar-refractivity contribution in [3.63, 3.8) is 0 Å². The quantitative estimate of drug-likeness (QED) is 0.154. The third-order valence-electron chi connectivity index (χ3n) is 12.0. The van der Waals surface area contributed by atoms with E-state index in [0.29, 0.717) is 6.67 Å². The number of aromatic nitrogens is 3. The van der Waals surface area contributed by atoms with Gasteiger partial charge in [0.1, 0.15) is 24.0 Å². The van der Waals surface area contributed by atoms with E-state index in [1.807, 2.05) is 12.3 Å². The van der Waals surface area contributed by atoms with Gasteiger partial charge in [-0.1, -0.05) is 121 Å². The van der Waals surface area contributed by atoms with Gasteiger partial charge in [-0.2, -0.15) is 0 Å². The van der Waals surface area contributed by atoms with Crippen molar-refractivity contribution in [1.82, 2.24) is 14.1 Å². The van der Waals surface area contributed by atoms with Crippen LogP contribution in [0.15, 0.2) is 206 Å². The highest BCUT2D eigenvalue weighted by molar-refractivity contribution is 6.25. The summed E-state index contributed by atoms with van der Waals surface area (Å²) in [5.74, 6) is 2.40. The minimum absolute atomic E-state index is 0.625. The van der Waals surface area contributed by atoms with Crippen LogP contribution < -0.4 is 14.5 Å². The van der Waals surface area contributed by atoms with Gasteiger partial charge >= 0.3 is 0 Å². The van der Waals surface area contributed by atoms with Crippen LogP contribution in [0.5, 0.6) is 11.5 Å². The number of anilines is 4. The standard InChI is InChI=1S/C55H39N5O/c1-37-30-31-56-52(32-37)60-49-29-15-28-48-53(49)54-50(59(48)40-20-9-4-10-21-40)34-43(35-51(54)60)61-42-23-13-22-41(33-42)57-36-58(47-27-12-11-26-46(47)57)55-44(38-16-5-2-6-17-38)24-14-25-45(55)39-18-7-3-8-19-39/h2-35H,36H2,1H3. The van der Waals surface area contributed by atoms with Crippen LogP contribution in [0.4, 0.5) is 22.7 Å². The highest BCUT2D eigenvalue weighted by Gasteiger charge is 2.31. The molecule has 12 rings (SSSR count). The van der Waals surface area contributed by atoms with E-state index in [9.17, 15) is 0 Å². The van der Waals surface area contributed by atoms with E-state index in [2.05, 4.69) is 220 Å². The van der Waals surface area contributed by atoms with Crippen LogP contribution in [-0.2, 0) is 0 Å². The second-order valence-corrected chi connectivity index (χ2v) is 15.7. The summed E-state index contributed by atoms with van der Waals surface area (Å²) in [5, 5.41) is 2.41. The first-order valence-electron chi connectivity index (χ1n) is 20.7. The van der Waals surface area contributed by atoms with Gasteiger partial charge in [0.25, 0.3) is 0 Å². The topological polar surface area (TPSA) is 38.5 Å². The summed E-state index contributed by atoms with van der Waals surface area (Å²) in [5.41, 5.74) is 15.9. The molecule has 6 heteroatoms. The minimum atomic E-state index is 0.625. The van der Waals surface area contributed by atoms with Crippen molar-refractivity contribution in [1.29, 1.82) is 0 Å². The molecular formula is C55H39N5O. The predicted octanol–water partition coefficient (Wildman–Crippen LogP) is 14.2. The third-order valence-corrected chi connectivity index (χ3v) is 12.0. The Bertz CT molecular complexity index is 3330. The Morgan fingerprint density at radius 3 is 1.69 bits per heavy atom. The molecule has 0 atom stereocenters. The average Bonchev–Trinajstić information content (AvgIpc) is 3.98. The second-order valence-electron chi connectivity index (χ2n) is 15.7. The van der Waals surface area contributed by atoms with Crippen molar-refractivity contribution in [2.45, 2.75) is 6.92 Å². The van der Waals surface area contributed by atoms with Crippen LogP contribution in [0.3, 0.4) is 0 Å². The van der Waals surface area contributed by atoms with Gasteiger partial charge in [0.05, 0.1) is 39.1 Å². The lowest BCUT2D eigenvalue weighted by Crippen LogP contribution is -2.24. The van der Waals surface area contributed by atoms with Crippen molar-refractivity contribution in [2.24, 2.45) is 0 Å². The fourth-order valence-electron chi connectivity index (χ4n) is 9.43. The largest absolute Gasteiger partial charge is 0.457 e. The predicted molar refractivity (Wildman–Crippen MR) is 251 cm³/mol. The summed E-state index contributed by atoms with van der Waals surface area (Å²) in [6, 6.07) is 71.0. The van der Waals surface area contributed by atoms with Crippen LogP contribution >= 0.6 is 0 Å². The second kappa shape index (κ2) is 14.0. The molecule has 0 bridgehead atoms. The average molecular weight is 786 g/mol. The molecule has 0 aliphatic carbocycles. The van der Waals surface area contributed by atoms with Crippen molar-refractivity contribution in [2.75, 3.05) is 16.5 Å². The van der Waals surface area contributed by atoms with E-state index in [4.69, 9.17) is 9.72 Å². The highest BCUT2D eigenvalue weighted by Crippen LogP contribution is 2.51. The fourth-order valence-corrected chi connectivity index (χ4v) is 9.43. The molecule has 290 valence electrons. The van der Waals surface area contributed by atoms with E-state index < -0.39 is 0 Å². The molecule has 0 spiro atoms. The Morgan fingerprint density at radius 1 is 0.443 bits per heavy atom. The number of rotatable bonds is 8. The van der Waals surface area contributed by atoms with Gasteiger partial charge in [-0.05, 0) is 84.3 Å². The van der Waals surface area contributed by atoms with Crippen LogP contribution in [0.2, 0.25) is 0 Å². The van der Waals surface area contributed by atoms with E-state index in [-0.39, 0.29) is 0 Å². The minimum Gasteiger partial charge on any atom is -0.457 e. The first kappa shape index (κ1) is 34.9. The van der Waals surface area contributed by atoms with E-state index in [0.717, 1.165) is 67.7 Å². The Balaban J connectivity index is 0.978. The zero-order chi connectivity index (χ0) is 40.4. The number of hydrogen-bond acceptors (Lipinski definition) is 4. The smallest absolute Gasteiger partial charge is 0.137 e. The summed E-state index contributed by atoms with van der Waals surface area (Å²) in [4.78, 5) is 9.72. The fraction of sp³-hybridized carbons (Fsp3) is 0.0364. The molecule has 61 heavy (non-hydrogen) atoms. The van der Waals surface area contributed by atoms with Crippen molar-refractivity contribution < 1.29 is 4.74 Å². The molecule has 0 saturated carbocycles. The maximum Gasteiger partial charge on any atom is 0.137 e. The molecule has 0 radical (unpaired) electrons. The summed E-state index contributed by atoms with van der Waals surface area (Å²) in [6.45, 7) is 2.74. The third kappa shape index (κ3) is 5.68. The molecular weight excluding hydrogens is 747 g/mol. The molecule has 0 saturated heterocycles. The molecule has 4 heterocycles. The molecule has 0 amide bonds. The lowest BCUT2D eigenvalue weighted by molar-refractivity contribution is 0.484. The Kier molecular flexibility index (Phi) is 8.03. The number of hydrogen-bond donors (Lipinski definition) is 0. The number of ether oxygens (including phenoxy) is 1. The zero-order valence-electron chi connectivity index (χ0n) is 33.5. The van der Waals surface area contributed by atoms with Crippen molar-refractivity contribution in [3.05, 3.63) is 212 Å². The van der Waals surface area contributed by atoms with Crippen LogP contribution in [-0.4, -0.2) is 20.8 Å². The molecule has 6 nitrogen and oxygen atoms in total. The maximum atomic E-state index is 6.96. The van der Waals surface area contributed by atoms with Crippen molar-refractivity contribution >= 4 is 55.6 Å². The summed E-state index contributed by atoms with van der Waals surface area (Å²) in [7, 11) is 0. The van der Waals surface area contributed by atoms with E-state index in [1.54, 1.807) is 0 Å². The number of aryl methyl sites for hydroxylation is 1. The number of fused-ring (bicyclic) bond motifs is 1. The van der Waals surface area contributed by atoms with E-state index >= 15 is 0 Å². The van der Waals surface area contributed by atoms with Gasteiger partial charge in [0, 0.05) is 57.7 Å². The van der Waals surface area contributed by atoms with Gasteiger partial charge in [0.2, 0.25) is 0 Å². The number of para-hydroxylation sites is 4. The SMILES string of the molecule is Cc1ccnc(-n2c3cccc4c3c3c(cc(Oc5cccc(N6CN(c7c(-c8ccccc8)cccc7-c7ccccc7)c7ccccc76)c5)cc32)n4-c2ccccc2)c1. The molecule has 11 aromatic rings. The molecule has 0 N–H and O–H groups in total. The lowest BCUT2D eigenvalue weighted by atomic mass is 9.95. The first-order chi connectivity index (χ1) is 30.2. The maximum absolute atomic E-state index is 6.96. The van der Waals surface area contributed by atoms with Crippen molar-refractivity contribution in [3.8, 4) is 45.3 Å². The Morgan fingerprint density at radius 2 is 1.00 bits per heavy atom. The normalized spacial score (nSPS) is 12.5. The first-order valence-corrected chi connectivity index (χ1v) is 20.7. The lowest BCUT2D eigenvalue weighted by Gasteiger charge is -2.27. The number of benzene rings is 8. The molecule has 1 aliphatic rings. The Labute approximate surface area is 353 Å². The summed E-state index contributed by atoms with van der Waals surface area (Å²) < 4.78 is 11.6. The monoisotopic (exact) mass is 785 g/mol. The Hall–Kier alpha value is -8.09. The summed E-state index contributed by atoms with van der Waals surface area (Å²) >= 11 is 0. The molecule has 3 aromatic heterocycles. The van der Waals surface area contributed by atoms with Gasteiger partial charge in [-0.3, -0.25) is 4.57 Å². The number of pyridine rings is 1. The van der Waals surface area contributed by atoms with Crippen LogP contribution in [0.25, 0.3) is 66.6 Å². The summed E-state index contributed by atoms with van der Waals surface area (Å²) in [6.07, 6.45) is 1.89. The molecule has 8 aromatic carbocycles. The van der Waals surface area contributed by atoms with Gasteiger partial charge in [-0.15, -0.1) is 0 Å². The van der Waals surface area contributed by atoms with Gasteiger partial charge in [0.15, 0.2) is 0 Å². The highest BCUT2D eigenvalue weighted by atomic mass is 16.5. The molecule has 1 aliphatic heterocycles. The van der Waals surface area contributed by atoms with Gasteiger partial charge < -0.3 is 19.1 Å². The number of nitrogens with zero attached hydrogens (tertiary/aromatic N) is 5. The van der Waals surface area contributed by atoms with Crippen LogP contribution in [0.1, 0.15) is 5.56 Å². The van der Waals surface area contributed by atoms with Gasteiger partial charge in [-0.25, -0.2) is 4.98 Å². The molecule has 0 unspecified atom stereocenters. The zero-order valence-corrected chi connectivity index (χ0v) is 33.5. The molecule has 0 fully saturated rings.